The van der Waals surface area contributed by atoms with Gasteiger partial charge in [0.2, 0.25) is 0 Å². The first-order valence-corrected chi connectivity index (χ1v) is 8.66. The lowest BCUT2D eigenvalue weighted by molar-refractivity contribution is -0.141. The van der Waals surface area contributed by atoms with Gasteiger partial charge in [-0.15, -0.1) is 0 Å². The fraction of sp³-hybridized carbons (Fsp3) is 0.350. The highest BCUT2D eigenvalue weighted by Crippen LogP contribution is 2.25. The lowest BCUT2D eigenvalue weighted by Crippen LogP contribution is -2.52. The van der Waals surface area contributed by atoms with Crippen LogP contribution >= 0.6 is 0 Å². The third-order valence-corrected chi connectivity index (χ3v) is 4.48. The van der Waals surface area contributed by atoms with E-state index in [9.17, 15) is 9.18 Å². The van der Waals surface area contributed by atoms with Gasteiger partial charge in [0, 0.05) is 19.6 Å². The molecule has 2 aromatic carbocycles. The maximum Gasteiger partial charge on any atom is 0.263 e. The summed E-state index contributed by atoms with van der Waals surface area (Å²) < 4.78 is 24.5. The van der Waals surface area contributed by atoms with Gasteiger partial charge in [0.15, 0.2) is 6.10 Å². The Morgan fingerprint density at radius 2 is 1.96 bits per heavy atom. The van der Waals surface area contributed by atoms with Crippen LogP contribution in [0.5, 0.6) is 11.5 Å². The van der Waals surface area contributed by atoms with Crippen molar-refractivity contribution in [3.63, 3.8) is 0 Å². The van der Waals surface area contributed by atoms with Gasteiger partial charge in [-0.05, 0) is 48.9 Å². The number of carbonyl (C=O) groups excluding carboxylic acids is 1. The first-order valence-electron chi connectivity index (χ1n) is 8.66. The number of piperazine rings is 1. The lowest BCUT2D eigenvalue weighted by atomic mass is 10.0. The van der Waals surface area contributed by atoms with E-state index in [1.807, 2.05) is 6.07 Å². The summed E-state index contributed by atoms with van der Waals surface area (Å²) >= 11 is 0. The van der Waals surface area contributed by atoms with Gasteiger partial charge in [0.1, 0.15) is 17.3 Å². The highest BCUT2D eigenvalue weighted by molar-refractivity contribution is 5.81. The second-order valence-electron chi connectivity index (χ2n) is 6.24. The Morgan fingerprint density at radius 3 is 2.65 bits per heavy atom. The summed E-state index contributed by atoms with van der Waals surface area (Å²) in [6.07, 6.45) is -0.641. The number of halogens is 1. The summed E-state index contributed by atoms with van der Waals surface area (Å²) in [6.45, 7) is 3.57. The van der Waals surface area contributed by atoms with Crippen molar-refractivity contribution in [2.24, 2.45) is 0 Å². The average Bonchev–Trinajstić information content (AvgIpc) is 2.68. The quantitative estimate of drug-likeness (QED) is 0.893. The molecule has 0 spiro atoms. The fourth-order valence-electron chi connectivity index (χ4n) is 3.12. The van der Waals surface area contributed by atoms with Crippen molar-refractivity contribution in [2.45, 2.75) is 19.1 Å². The van der Waals surface area contributed by atoms with Crippen LogP contribution < -0.4 is 14.8 Å². The molecule has 26 heavy (non-hydrogen) atoms. The number of hydrogen-bond acceptors (Lipinski definition) is 4. The molecule has 0 bridgehead atoms. The van der Waals surface area contributed by atoms with Crippen molar-refractivity contribution in [1.82, 2.24) is 10.2 Å². The monoisotopic (exact) mass is 358 g/mol. The second kappa shape index (κ2) is 8.19. The molecule has 2 unspecified atom stereocenters. The number of methoxy groups -OCH3 is 1. The predicted octanol–water partition coefficient (Wildman–Crippen LogP) is 2.77. The van der Waals surface area contributed by atoms with E-state index in [1.165, 1.54) is 12.1 Å². The molecule has 1 aliphatic heterocycles. The van der Waals surface area contributed by atoms with Crippen LogP contribution in [0, 0.1) is 5.82 Å². The second-order valence-corrected chi connectivity index (χ2v) is 6.24. The third kappa shape index (κ3) is 4.14. The van der Waals surface area contributed by atoms with Crippen molar-refractivity contribution in [2.75, 3.05) is 26.7 Å². The molecule has 1 saturated heterocycles. The van der Waals surface area contributed by atoms with E-state index in [2.05, 4.69) is 5.32 Å². The molecule has 0 aliphatic carbocycles. The van der Waals surface area contributed by atoms with Gasteiger partial charge in [-0.25, -0.2) is 4.39 Å². The molecule has 3 rings (SSSR count). The number of benzene rings is 2. The normalized spacial score (nSPS) is 18.3. The molecule has 0 aromatic heterocycles. The molecule has 138 valence electrons. The van der Waals surface area contributed by atoms with Gasteiger partial charge in [-0.3, -0.25) is 4.79 Å². The van der Waals surface area contributed by atoms with Crippen LogP contribution in [0.25, 0.3) is 0 Å². The third-order valence-electron chi connectivity index (χ3n) is 4.48. The average molecular weight is 358 g/mol. The summed E-state index contributed by atoms with van der Waals surface area (Å²) in [6, 6.07) is 13.3. The Kier molecular flexibility index (Phi) is 5.73. The first kappa shape index (κ1) is 18.2. The number of nitrogens with one attached hydrogen (secondary N) is 1. The molecule has 1 fully saturated rings. The van der Waals surface area contributed by atoms with Crippen LogP contribution in [-0.2, 0) is 4.79 Å². The number of hydrogen-bond donors (Lipinski definition) is 1. The molecular formula is C20H23FN2O3. The minimum atomic E-state index is -0.641. The van der Waals surface area contributed by atoms with Crippen LogP contribution in [0.4, 0.5) is 4.39 Å². The highest BCUT2D eigenvalue weighted by atomic mass is 19.1. The standard InChI is InChI=1S/C20H23FN2O3/c1-14(26-18-8-6-17(25-2)7-9-18)20(24)23-11-10-22-13-19(23)15-4-3-5-16(21)12-15/h3-9,12,14,19,22H,10-11,13H2,1-2H3. The fourth-order valence-corrected chi connectivity index (χ4v) is 3.12. The molecule has 0 radical (unpaired) electrons. The first-order chi connectivity index (χ1) is 12.6. The van der Waals surface area contributed by atoms with Crippen molar-refractivity contribution in [3.8, 4) is 11.5 Å². The minimum Gasteiger partial charge on any atom is -0.497 e. The topological polar surface area (TPSA) is 50.8 Å². The van der Waals surface area contributed by atoms with Crippen molar-refractivity contribution >= 4 is 5.91 Å². The van der Waals surface area contributed by atoms with Gasteiger partial charge < -0.3 is 19.7 Å². The van der Waals surface area contributed by atoms with E-state index in [4.69, 9.17) is 9.47 Å². The van der Waals surface area contributed by atoms with Crippen molar-refractivity contribution in [1.29, 1.82) is 0 Å². The van der Waals surface area contributed by atoms with Gasteiger partial charge in [0.25, 0.3) is 5.91 Å². The summed E-state index contributed by atoms with van der Waals surface area (Å²) in [5, 5.41) is 3.27. The van der Waals surface area contributed by atoms with Crippen LogP contribution in [0.15, 0.2) is 48.5 Å². The lowest BCUT2D eigenvalue weighted by Gasteiger charge is -2.38. The zero-order chi connectivity index (χ0) is 18.5. The van der Waals surface area contributed by atoms with E-state index >= 15 is 0 Å². The van der Waals surface area contributed by atoms with Crippen molar-refractivity contribution in [3.05, 3.63) is 59.9 Å². The summed E-state index contributed by atoms with van der Waals surface area (Å²) in [7, 11) is 1.60. The molecule has 1 aliphatic rings. The SMILES string of the molecule is COc1ccc(OC(C)C(=O)N2CCNCC2c2cccc(F)c2)cc1. The van der Waals surface area contributed by atoms with Gasteiger partial charge in [-0.1, -0.05) is 12.1 Å². The number of amides is 1. The Hall–Kier alpha value is -2.60. The van der Waals surface area contributed by atoms with E-state index in [0.717, 1.165) is 11.3 Å². The Bertz CT molecular complexity index is 751. The largest absolute Gasteiger partial charge is 0.497 e. The molecule has 1 amide bonds. The van der Waals surface area contributed by atoms with Gasteiger partial charge >= 0.3 is 0 Å². The number of carbonyl (C=O) groups is 1. The van der Waals surface area contributed by atoms with E-state index in [1.54, 1.807) is 49.3 Å². The molecular weight excluding hydrogens is 335 g/mol. The van der Waals surface area contributed by atoms with Crippen LogP contribution in [0.3, 0.4) is 0 Å². The molecule has 2 aromatic rings. The summed E-state index contributed by atoms with van der Waals surface area (Å²) in [4.78, 5) is 14.7. The molecule has 1 heterocycles. The van der Waals surface area contributed by atoms with Gasteiger partial charge in [0.05, 0.1) is 13.2 Å². The Morgan fingerprint density at radius 1 is 1.23 bits per heavy atom. The highest BCUT2D eigenvalue weighted by Gasteiger charge is 2.31. The smallest absolute Gasteiger partial charge is 0.263 e. The number of nitrogens with zero attached hydrogens (tertiary/aromatic N) is 1. The van der Waals surface area contributed by atoms with Crippen molar-refractivity contribution < 1.29 is 18.7 Å². The maximum atomic E-state index is 13.6. The maximum absolute atomic E-state index is 13.6. The zero-order valence-electron chi connectivity index (χ0n) is 14.9. The zero-order valence-corrected chi connectivity index (χ0v) is 14.9. The molecule has 5 nitrogen and oxygen atoms in total. The van der Waals surface area contributed by atoms with Crippen LogP contribution in [0.1, 0.15) is 18.5 Å². The van der Waals surface area contributed by atoms with Crippen LogP contribution in [-0.4, -0.2) is 43.7 Å². The Balaban J connectivity index is 1.72. The molecule has 2 atom stereocenters. The summed E-state index contributed by atoms with van der Waals surface area (Å²) in [5.74, 6) is 0.910. The Labute approximate surface area is 152 Å². The number of ether oxygens (including phenoxy) is 2. The molecule has 6 heteroatoms. The molecule has 1 N–H and O–H groups in total. The van der Waals surface area contributed by atoms with Crippen LogP contribution in [0.2, 0.25) is 0 Å². The summed E-state index contributed by atoms with van der Waals surface area (Å²) in [5.41, 5.74) is 0.780. The van der Waals surface area contributed by atoms with E-state index in [-0.39, 0.29) is 17.8 Å². The number of rotatable bonds is 5. The van der Waals surface area contributed by atoms with Gasteiger partial charge in [-0.2, -0.15) is 0 Å². The molecule has 0 saturated carbocycles. The predicted molar refractivity (Wildman–Crippen MR) is 96.8 cm³/mol. The van der Waals surface area contributed by atoms with E-state index in [0.29, 0.717) is 25.4 Å². The van der Waals surface area contributed by atoms with E-state index < -0.39 is 6.10 Å². The minimum absolute atomic E-state index is 0.114.